The van der Waals surface area contributed by atoms with Crippen molar-refractivity contribution in [3.63, 3.8) is 0 Å². The van der Waals surface area contributed by atoms with Crippen LogP contribution in [-0.2, 0) is 6.42 Å². The maximum absolute atomic E-state index is 4.29. The molecule has 2 aromatic carbocycles. The molecule has 3 rings (SSSR count). The van der Waals surface area contributed by atoms with Crippen molar-refractivity contribution in [3.8, 4) is 0 Å². The van der Waals surface area contributed by atoms with Gasteiger partial charge in [-0.15, -0.1) is 0 Å². The molecule has 0 amide bonds. The van der Waals surface area contributed by atoms with Gasteiger partial charge in [-0.3, -0.25) is 0 Å². The summed E-state index contributed by atoms with van der Waals surface area (Å²) in [4.78, 5) is 0. The zero-order valence-electron chi connectivity index (χ0n) is 18.9. The monoisotopic (exact) mass is 389 g/mol. The minimum absolute atomic E-state index is 0.158. The van der Waals surface area contributed by atoms with Gasteiger partial charge in [-0.25, -0.2) is 0 Å². The molecule has 0 saturated carbocycles. The van der Waals surface area contributed by atoms with Crippen molar-refractivity contribution in [1.82, 2.24) is 0 Å². The Morgan fingerprint density at radius 2 is 1.76 bits per heavy atom. The van der Waals surface area contributed by atoms with Gasteiger partial charge in [0.25, 0.3) is 0 Å². The number of nitrogens with zero attached hydrogens (tertiary/aromatic N) is 1. The van der Waals surface area contributed by atoms with E-state index in [0.29, 0.717) is 5.92 Å². The summed E-state index contributed by atoms with van der Waals surface area (Å²) in [6.07, 6.45) is 7.49. The summed E-state index contributed by atoms with van der Waals surface area (Å²) in [6.45, 7) is 15.7. The predicted octanol–water partition coefficient (Wildman–Crippen LogP) is 7.41. The molecule has 1 unspecified atom stereocenters. The molecule has 29 heavy (non-hydrogen) atoms. The quantitative estimate of drug-likeness (QED) is 0.464. The fourth-order valence-electron chi connectivity index (χ4n) is 4.93. The second kappa shape index (κ2) is 8.98. The largest absolute Gasteiger partial charge is 0.325 e. The Balaban J connectivity index is 2.39. The Morgan fingerprint density at radius 3 is 2.38 bits per heavy atom. The number of aryl methyl sites for hydroxylation is 1. The lowest BCUT2D eigenvalue weighted by atomic mass is 9.85. The van der Waals surface area contributed by atoms with Crippen LogP contribution in [0.25, 0.3) is 0 Å². The lowest BCUT2D eigenvalue weighted by molar-refractivity contribution is -0.528. The van der Waals surface area contributed by atoms with Crippen LogP contribution in [0.3, 0.4) is 0 Å². The van der Waals surface area contributed by atoms with E-state index < -0.39 is 0 Å². The molecule has 2 nitrogen and oxygen atoms in total. The molecule has 0 spiro atoms. The average molecular weight is 390 g/mol. The van der Waals surface area contributed by atoms with E-state index in [1.54, 1.807) is 0 Å². The maximum atomic E-state index is 4.29. The third-order valence-electron chi connectivity index (χ3n) is 6.62. The van der Waals surface area contributed by atoms with Crippen LogP contribution in [0.2, 0.25) is 0 Å². The van der Waals surface area contributed by atoms with Crippen LogP contribution >= 0.6 is 0 Å². The van der Waals surface area contributed by atoms with Gasteiger partial charge >= 0.3 is 0 Å². The van der Waals surface area contributed by atoms with Gasteiger partial charge in [-0.1, -0.05) is 78.0 Å². The Hall–Kier alpha value is -2.35. The van der Waals surface area contributed by atoms with Crippen LogP contribution in [0.4, 0.5) is 11.4 Å². The molecule has 1 N–H and O–H groups in total. The van der Waals surface area contributed by atoms with E-state index in [1.807, 2.05) is 0 Å². The molecule has 0 saturated heterocycles. The zero-order valence-corrected chi connectivity index (χ0v) is 18.9. The number of anilines is 1. The number of rotatable bonds is 8. The van der Waals surface area contributed by atoms with Crippen molar-refractivity contribution < 1.29 is 4.58 Å². The van der Waals surface area contributed by atoms with E-state index in [1.165, 1.54) is 46.6 Å². The first-order valence-electron chi connectivity index (χ1n) is 11.4. The first kappa shape index (κ1) is 21.4. The van der Waals surface area contributed by atoms with Crippen molar-refractivity contribution in [2.75, 3.05) is 5.32 Å². The molecule has 0 fully saturated rings. The summed E-state index contributed by atoms with van der Waals surface area (Å²) < 4.78 is 2.54. The van der Waals surface area contributed by atoms with Crippen molar-refractivity contribution in [3.05, 3.63) is 71.8 Å². The molecule has 1 heterocycles. The van der Waals surface area contributed by atoms with Crippen molar-refractivity contribution >= 4 is 17.1 Å². The van der Waals surface area contributed by atoms with Crippen LogP contribution in [0.5, 0.6) is 0 Å². The molecule has 1 atom stereocenters. The van der Waals surface area contributed by atoms with Gasteiger partial charge in [-0.2, -0.15) is 4.58 Å². The van der Waals surface area contributed by atoms with Crippen LogP contribution < -0.4 is 5.32 Å². The summed E-state index contributed by atoms with van der Waals surface area (Å²) in [5.41, 5.74) is 7.75. The first-order chi connectivity index (χ1) is 14.1. The summed E-state index contributed by atoms with van der Waals surface area (Å²) in [6, 6.07) is 15.6. The highest BCUT2D eigenvalue weighted by atomic mass is 15.3. The molecule has 2 aromatic rings. The molecular weight excluding hydrogens is 352 g/mol. The molecule has 0 aliphatic carbocycles. The number of benzene rings is 2. The normalized spacial score (nSPS) is 16.2. The van der Waals surface area contributed by atoms with Crippen LogP contribution in [-0.4, -0.2) is 16.0 Å². The van der Waals surface area contributed by atoms with Gasteiger partial charge < -0.3 is 5.32 Å². The highest BCUT2D eigenvalue weighted by Gasteiger charge is 2.46. The maximum Gasteiger partial charge on any atom is 0.241 e. The Bertz CT molecular complexity index is 903. The first-order valence-corrected chi connectivity index (χ1v) is 11.4. The molecule has 0 radical (unpaired) electrons. The molecular formula is C27H37N2+. The minimum atomic E-state index is -0.158. The lowest BCUT2D eigenvalue weighted by Gasteiger charge is -2.37. The van der Waals surface area contributed by atoms with Crippen molar-refractivity contribution in [2.45, 2.75) is 78.3 Å². The smallest absolute Gasteiger partial charge is 0.241 e. The van der Waals surface area contributed by atoms with Gasteiger partial charge in [0, 0.05) is 30.5 Å². The van der Waals surface area contributed by atoms with E-state index >= 15 is 0 Å². The summed E-state index contributed by atoms with van der Waals surface area (Å²) >= 11 is 0. The number of hydrogen-bond acceptors (Lipinski definition) is 1. The number of allylic oxidation sites excluding steroid dienone is 1. The standard InChI is InChI=1S/C27H36N2/c1-7-15-20(6)22-17-14-18-23-26(22)24(9-3)29(27(10-4,11-5)28-23)25-19-13-12-16-21(25)8-2/h9,12-14,16-20H,3,7-8,10-11,15H2,1-2,4-6H3/p+1. The molecule has 1 aliphatic rings. The molecule has 1 aliphatic heterocycles. The van der Waals surface area contributed by atoms with E-state index in [-0.39, 0.29) is 5.66 Å². The molecule has 2 heteroatoms. The van der Waals surface area contributed by atoms with E-state index in [2.05, 4.69) is 99.6 Å². The van der Waals surface area contributed by atoms with E-state index in [4.69, 9.17) is 0 Å². The van der Waals surface area contributed by atoms with Gasteiger partial charge in [0.2, 0.25) is 17.1 Å². The van der Waals surface area contributed by atoms with E-state index in [0.717, 1.165) is 19.3 Å². The molecule has 0 aromatic heterocycles. The van der Waals surface area contributed by atoms with Gasteiger partial charge in [0.1, 0.15) is 0 Å². The van der Waals surface area contributed by atoms with Crippen molar-refractivity contribution in [1.29, 1.82) is 0 Å². The van der Waals surface area contributed by atoms with Crippen LogP contribution in [0, 0.1) is 0 Å². The third kappa shape index (κ3) is 3.66. The Labute approximate surface area is 177 Å². The number of nitrogens with one attached hydrogen (secondary N) is 1. The predicted molar refractivity (Wildman–Crippen MR) is 127 cm³/mol. The second-order valence-electron chi connectivity index (χ2n) is 8.23. The number of fused-ring (bicyclic) bond motifs is 1. The number of para-hydroxylation sites is 1. The summed E-state index contributed by atoms with van der Waals surface area (Å²) in [5.74, 6) is 0.519. The fourth-order valence-corrected chi connectivity index (χ4v) is 4.93. The number of hydrogen-bond donors (Lipinski definition) is 1. The topological polar surface area (TPSA) is 15.0 Å². The van der Waals surface area contributed by atoms with Crippen LogP contribution in [0.15, 0.2) is 55.1 Å². The summed E-state index contributed by atoms with van der Waals surface area (Å²) in [5, 5.41) is 3.97. The minimum Gasteiger partial charge on any atom is -0.325 e. The van der Waals surface area contributed by atoms with Gasteiger partial charge in [0.05, 0.1) is 11.3 Å². The lowest BCUT2D eigenvalue weighted by Crippen LogP contribution is -2.52. The second-order valence-corrected chi connectivity index (χ2v) is 8.23. The fraction of sp³-hybridized carbons (Fsp3) is 0.444. The average Bonchev–Trinajstić information content (AvgIpc) is 2.77. The van der Waals surface area contributed by atoms with Crippen molar-refractivity contribution in [2.24, 2.45) is 0 Å². The summed E-state index contributed by atoms with van der Waals surface area (Å²) in [7, 11) is 0. The van der Waals surface area contributed by atoms with Gasteiger partial charge in [-0.05, 0) is 30.4 Å². The highest BCUT2D eigenvalue weighted by Crippen LogP contribution is 2.41. The Kier molecular flexibility index (Phi) is 6.62. The molecule has 154 valence electrons. The Morgan fingerprint density at radius 1 is 1.03 bits per heavy atom. The SMILES string of the molecule is C=CC1=[N+](c2ccccc2CC)C(CC)(CC)Nc2cccc(C(C)CCC)c21. The zero-order chi connectivity index (χ0) is 21.0. The van der Waals surface area contributed by atoms with Gasteiger partial charge in [0.15, 0.2) is 0 Å². The highest BCUT2D eigenvalue weighted by molar-refractivity contribution is 6.11. The third-order valence-corrected chi connectivity index (χ3v) is 6.62. The molecule has 0 bridgehead atoms. The van der Waals surface area contributed by atoms with Crippen LogP contribution in [0.1, 0.15) is 82.9 Å². The van der Waals surface area contributed by atoms with E-state index in [9.17, 15) is 0 Å².